The maximum Gasteiger partial charge on any atom is 0.104 e. The molecule has 2 fully saturated rings. The average Bonchev–Trinajstić information content (AvgIpc) is 4.03. The van der Waals surface area contributed by atoms with Gasteiger partial charge in [0.1, 0.15) is 12.2 Å². The van der Waals surface area contributed by atoms with E-state index in [1.807, 2.05) is 0 Å². The monoisotopic (exact) mass is 528 g/mol. The predicted molar refractivity (Wildman–Crippen MR) is 180 cm³/mol. The van der Waals surface area contributed by atoms with E-state index in [1.165, 1.54) is 0 Å². The van der Waals surface area contributed by atoms with Crippen molar-refractivity contribution in [1.82, 2.24) is 0 Å². The van der Waals surface area contributed by atoms with Crippen molar-refractivity contribution in [1.29, 1.82) is 0 Å². The van der Waals surface area contributed by atoms with Crippen LogP contribution >= 0.6 is 0 Å². The molecule has 2 N–H and O–H groups in total. The van der Waals surface area contributed by atoms with Crippen molar-refractivity contribution in [2.75, 3.05) is 39.6 Å². The summed E-state index contributed by atoms with van der Waals surface area (Å²) in [5.41, 5.74) is 0. The van der Waals surface area contributed by atoms with Gasteiger partial charge in [-0.05, 0) is 0 Å². The summed E-state index contributed by atoms with van der Waals surface area (Å²) in [5.74, 6) is 0. The van der Waals surface area contributed by atoms with Crippen molar-refractivity contribution in [2.45, 2.75) is 12.2 Å². The fourth-order valence-electron chi connectivity index (χ4n) is 0.659. The lowest BCUT2D eigenvalue weighted by atomic mass is 10.5. The van der Waals surface area contributed by atoms with Gasteiger partial charge in [0, 0.05) is 0 Å². The first-order valence-corrected chi connectivity index (χ1v) is 10.4. The van der Waals surface area contributed by atoms with Crippen molar-refractivity contribution in [3.05, 3.63) is 158 Å². The van der Waals surface area contributed by atoms with Crippen LogP contribution in [0.4, 0.5) is 0 Å². The largest absolute Gasteiger partial charge is 0.394 e. The zero-order valence-electron chi connectivity index (χ0n) is 24.5. The normalized spacial score (nSPS) is 11.5. The number of epoxide rings is 2. The smallest absolute Gasteiger partial charge is 0.104 e. The van der Waals surface area contributed by atoms with Gasteiger partial charge in [-0.15, -0.1) is 158 Å². The van der Waals surface area contributed by atoms with Crippen LogP contribution in [-0.4, -0.2) is 62.1 Å². The summed E-state index contributed by atoms with van der Waals surface area (Å²) in [6.07, 6.45) is 0.785. The molecule has 0 aromatic heterocycles. The maximum atomic E-state index is 7.62. The first-order chi connectivity index (χ1) is 18.4. The van der Waals surface area contributed by atoms with E-state index in [2.05, 4.69) is 158 Å². The minimum absolute atomic E-state index is 0.125. The second kappa shape index (κ2) is 240. The van der Waals surface area contributed by atoms with Crippen LogP contribution in [0.1, 0.15) is 0 Å². The number of aliphatic hydroxyl groups is 2. The third-order valence-corrected chi connectivity index (χ3v) is 1.51. The lowest BCUT2D eigenvalue weighted by Gasteiger charge is -1.95. The van der Waals surface area contributed by atoms with Gasteiger partial charge in [-0.1, -0.05) is 0 Å². The molecule has 2 unspecified atom stereocenters. The Hall–Kier alpha value is -3.32. The standard InChI is InChI=1S/C6H10O3.C2H6O2.12C2H4/c1(5-3-8-5)7-2-6-4-9-6;3-1-2-4;12*1-2/h5-6H,1-4H2;3-4H,1-2H2;12*1-2H2. The minimum atomic E-state index is -0.125. The van der Waals surface area contributed by atoms with Crippen molar-refractivity contribution in [3.8, 4) is 0 Å². The third-order valence-electron chi connectivity index (χ3n) is 1.51. The Morgan fingerprint density at radius 3 is 0.622 bits per heavy atom. The Morgan fingerprint density at radius 2 is 0.541 bits per heavy atom. The van der Waals surface area contributed by atoms with Gasteiger partial charge in [0.15, 0.2) is 0 Å². The number of rotatable bonds is 5. The van der Waals surface area contributed by atoms with E-state index in [4.69, 9.17) is 24.4 Å². The van der Waals surface area contributed by atoms with E-state index in [1.54, 1.807) is 0 Å². The van der Waals surface area contributed by atoms with Crippen LogP contribution in [0.2, 0.25) is 0 Å². The first-order valence-electron chi connectivity index (χ1n) is 10.4. The van der Waals surface area contributed by atoms with Crippen molar-refractivity contribution in [2.24, 2.45) is 0 Å². The molecular formula is C32H64O5. The second-order valence-electron chi connectivity index (χ2n) is 2.90. The molecular weight excluding hydrogens is 464 g/mol. The summed E-state index contributed by atoms with van der Waals surface area (Å²) < 4.78 is 15.1. The quantitative estimate of drug-likeness (QED) is 0.277. The molecule has 2 aliphatic heterocycles. The highest BCUT2D eigenvalue weighted by atomic mass is 16.6. The molecule has 0 radical (unpaired) electrons. The van der Waals surface area contributed by atoms with Crippen molar-refractivity contribution < 1.29 is 24.4 Å². The van der Waals surface area contributed by atoms with Gasteiger partial charge >= 0.3 is 0 Å². The van der Waals surface area contributed by atoms with Gasteiger partial charge in [-0.25, -0.2) is 0 Å². The van der Waals surface area contributed by atoms with E-state index in [0.717, 1.165) is 26.4 Å². The van der Waals surface area contributed by atoms with Crippen molar-refractivity contribution in [3.63, 3.8) is 0 Å². The van der Waals surface area contributed by atoms with Gasteiger partial charge in [-0.2, -0.15) is 0 Å². The van der Waals surface area contributed by atoms with Crippen LogP contribution in [0, 0.1) is 0 Å². The van der Waals surface area contributed by atoms with E-state index in [9.17, 15) is 0 Å². The topological polar surface area (TPSA) is 74.8 Å². The van der Waals surface area contributed by atoms with Crippen molar-refractivity contribution >= 4 is 0 Å². The van der Waals surface area contributed by atoms with E-state index in [-0.39, 0.29) is 13.2 Å². The fourth-order valence-corrected chi connectivity index (χ4v) is 0.659. The molecule has 2 saturated heterocycles. The number of ether oxygens (including phenoxy) is 3. The number of aliphatic hydroxyl groups excluding tert-OH is 2. The molecule has 5 nitrogen and oxygen atoms in total. The molecule has 5 heteroatoms. The van der Waals surface area contributed by atoms with Crippen LogP contribution in [-0.2, 0) is 14.2 Å². The summed E-state index contributed by atoms with van der Waals surface area (Å²) in [6, 6.07) is 0. The Balaban J connectivity index is -0.0000000198. The summed E-state index contributed by atoms with van der Waals surface area (Å²) in [7, 11) is 0. The van der Waals surface area contributed by atoms with Crippen LogP contribution in [0.5, 0.6) is 0 Å². The lowest BCUT2D eigenvalue weighted by molar-refractivity contribution is 0.102. The molecule has 0 aromatic carbocycles. The number of hydrogen-bond acceptors (Lipinski definition) is 5. The molecule has 0 amide bonds. The Labute approximate surface area is 234 Å². The maximum absolute atomic E-state index is 7.62. The van der Waals surface area contributed by atoms with Gasteiger partial charge < -0.3 is 24.4 Å². The van der Waals surface area contributed by atoms with Gasteiger partial charge in [0.25, 0.3) is 0 Å². The first kappa shape index (κ1) is 76.5. The van der Waals surface area contributed by atoms with Gasteiger partial charge in [0.2, 0.25) is 0 Å². The molecule has 0 saturated carbocycles. The van der Waals surface area contributed by atoms with Crippen LogP contribution in [0.15, 0.2) is 158 Å². The van der Waals surface area contributed by atoms with Gasteiger partial charge in [0.05, 0.1) is 39.6 Å². The number of hydrogen-bond donors (Lipinski definition) is 2. The molecule has 2 heterocycles. The molecule has 2 atom stereocenters. The molecule has 0 aromatic rings. The fraction of sp³-hybridized carbons (Fsp3) is 0.250. The lowest BCUT2D eigenvalue weighted by Crippen LogP contribution is -2.06. The minimum Gasteiger partial charge on any atom is -0.394 e. The SMILES string of the molecule is C(OCC1CO1)C1CO1.C=C.C=C.C=C.C=C.C=C.C=C.C=C.C=C.C=C.C=C.C=C.C=C.OCCO. The van der Waals surface area contributed by atoms with E-state index < -0.39 is 0 Å². The Kier molecular flexibility index (Phi) is 497. The van der Waals surface area contributed by atoms with Gasteiger partial charge in [-0.3, -0.25) is 0 Å². The van der Waals surface area contributed by atoms with E-state index in [0.29, 0.717) is 12.2 Å². The molecule has 0 bridgehead atoms. The van der Waals surface area contributed by atoms with Crippen LogP contribution in [0.3, 0.4) is 0 Å². The summed E-state index contributed by atoms with van der Waals surface area (Å²) in [4.78, 5) is 0. The molecule has 2 aliphatic rings. The van der Waals surface area contributed by atoms with E-state index >= 15 is 0 Å². The molecule has 0 aliphatic carbocycles. The molecule has 0 spiro atoms. The highest BCUT2D eigenvalue weighted by molar-refractivity contribution is 4.71. The Morgan fingerprint density at radius 1 is 0.405 bits per heavy atom. The molecule has 2 rings (SSSR count). The zero-order valence-corrected chi connectivity index (χ0v) is 24.5. The summed E-state index contributed by atoms with van der Waals surface area (Å²) >= 11 is 0. The highest BCUT2D eigenvalue weighted by Crippen LogP contribution is 2.12. The Bertz CT molecular complexity index is 213. The second-order valence-corrected chi connectivity index (χ2v) is 2.90. The zero-order chi connectivity index (χ0) is 33.5. The summed E-state index contributed by atoms with van der Waals surface area (Å²) in [6.45, 7) is 75.0. The third kappa shape index (κ3) is 328. The molecule has 37 heavy (non-hydrogen) atoms. The van der Waals surface area contributed by atoms with Crippen LogP contribution < -0.4 is 0 Å². The predicted octanol–water partition coefficient (Wildman–Crippen LogP) is 8.40. The average molecular weight is 529 g/mol. The summed E-state index contributed by atoms with van der Waals surface area (Å²) in [5, 5.41) is 15.2. The molecule has 222 valence electrons. The van der Waals surface area contributed by atoms with Crippen LogP contribution in [0.25, 0.3) is 0 Å². The highest BCUT2D eigenvalue weighted by Gasteiger charge is 2.26.